The molecule has 0 fully saturated rings. The largest absolute Gasteiger partial charge is 0.453 e. The minimum Gasteiger partial charge on any atom is -0.453 e. The number of halogens is 1. The monoisotopic (exact) mass is 265 g/mol. The van der Waals surface area contributed by atoms with Crippen LogP contribution in [0.5, 0.6) is 11.5 Å². The molecule has 0 saturated carbocycles. The van der Waals surface area contributed by atoms with Crippen LogP contribution in [0, 0.1) is 0 Å². The number of hydrogen-bond donors (Lipinski definition) is 1. The van der Waals surface area contributed by atoms with E-state index in [4.69, 9.17) is 34.3 Å². The molecule has 0 aromatic carbocycles. The summed E-state index contributed by atoms with van der Waals surface area (Å²) >= 11 is 10.7. The number of ether oxygens (including phenoxy) is 1. The van der Waals surface area contributed by atoms with Gasteiger partial charge >= 0.3 is 0 Å². The van der Waals surface area contributed by atoms with Gasteiger partial charge in [0.2, 0.25) is 0 Å². The first-order chi connectivity index (χ1) is 8.16. The van der Waals surface area contributed by atoms with Gasteiger partial charge in [-0.25, -0.2) is 0 Å². The Morgan fingerprint density at radius 3 is 2.82 bits per heavy atom. The molecule has 0 spiro atoms. The molecular formula is C11H8ClN3OS. The normalized spacial score (nSPS) is 9.94. The van der Waals surface area contributed by atoms with Crippen LogP contribution >= 0.6 is 23.8 Å². The van der Waals surface area contributed by atoms with Crippen LogP contribution in [-0.2, 0) is 0 Å². The van der Waals surface area contributed by atoms with E-state index in [0.29, 0.717) is 22.1 Å². The van der Waals surface area contributed by atoms with Gasteiger partial charge in [-0.2, -0.15) is 0 Å². The summed E-state index contributed by atoms with van der Waals surface area (Å²) in [5.41, 5.74) is 6.20. The average molecular weight is 266 g/mol. The highest BCUT2D eigenvalue weighted by Crippen LogP contribution is 2.25. The van der Waals surface area contributed by atoms with Crippen molar-refractivity contribution >= 4 is 28.8 Å². The molecule has 0 aliphatic heterocycles. The van der Waals surface area contributed by atoms with Gasteiger partial charge in [-0.1, -0.05) is 23.8 Å². The molecule has 2 rings (SSSR count). The minimum absolute atomic E-state index is 0.248. The van der Waals surface area contributed by atoms with Crippen molar-refractivity contribution in [3.8, 4) is 11.5 Å². The highest BCUT2D eigenvalue weighted by Gasteiger charge is 2.07. The van der Waals surface area contributed by atoms with Gasteiger partial charge < -0.3 is 10.5 Å². The average Bonchev–Trinajstić information content (AvgIpc) is 2.29. The van der Waals surface area contributed by atoms with E-state index in [0.717, 1.165) is 0 Å². The van der Waals surface area contributed by atoms with Gasteiger partial charge in [0, 0.05) is 18.5 Å². The Kier molecular flexibility index (Phi) is 3.51. The molecule has 0 saturated heterocycles. The lowest BCUT2D eigenvalue weighted by molar-refractivity contribution is 0.477. The standard InChI is InChI=1S/C11H8ClN3OS/c12-7-3-8(5-15-4-7)16-10-6-14-2-1-9(10)11(13)17/h1-6H,(H2,13,17). The van der Waals surface area contributed by atoms with E-state index in [-0.39, 0.29) is 4.99 Å². The Bertz CT molecular complexity index is 562. The van der Waals surface area contributed by atoms with Crippen LogP contribution < -0.4 is 10.5 Å². The van der Waals surface area contributed by atoms with E-state index in [9.17, 15) is 0 Å². The van der Waals surface area contributed by atoms with Crippen molar-refractivity contribution in [1.82, 2.24) is 9.97 Å². The molecule has 4 nitrogen and oxygen atoms in total. The molecule has 0 aliphatic carbocycles. The highest BCUT2D eigenvalue weighted by molar-refractivity contribution is 7.80. The topological polar surface area (TPSA) is 61.0 Å². The van der Waals surface area contributed by atoms with E-state index >= 15 is 0 Å². The zero-order valence-electron chi connectivity index (χ0n) is 8.63. The van der Waals surface area contributed by atoms with Crippen molar-refractivity contribution in [2.24, 2.45) is 5.73 Å². The number of nitrogens with two attached hydrogens (primary N) is 1. The summed E-state index contributed by atoms with van der Waals surface area (Å²) in [6.45, 7) is 0. The molecule has 2 aromatic rings. The second-order valence-corrected chi connectivity index (χ2v) is 4.05. The smallest absolute Gasteiger partial charge is 0.155 e. The first kappa shape index (κ1) is 11.8. The lowest BCUT2D eigenvalue weighted by Crippen LogP contribution is -2.10. The Morgan fingerprint density at radius 1 is 1.29 bits per heavy atom. The third-order valence-corrected chi connectivity index (χ3v) is 2.38. The van der Waals surface area contributed by atoms with Crippen LogP contribution in [0.2, 0.25) is 5.02 Å². The summed E-state index contributed by atoms with van der Waals surface area (Å²) in [4.78, 5) is 8.11. The van der Waals surface area contributed by atoms with Gasteiger partial charge in [-0.15, -0.1) is 0 Å². The second-order valence-electron chi connectivity index (χ2n) is 3.18. The third kappa shape index (κ3) is 2.89. The zero-order chi connectivity index (χ0) is 12.3. The summed E-state index contributed by atoms with van der Waals surface area (Å²) in [6, 6.07) is 3.33. The number of aromatic nitrogens is 2. The molecule has 17 heavy (non-hydrogen) atoms. The van der Waals surface area contributed by atoms with Crippen molar-refractivity contribution in [2.45, 2.75) is 0 Å². The summed E-state index contributed by atoms with van der Waals surface area (Å²) in [5.74, 6) is 0.979. The minimum atomic E-state index is 0.248. The molecule has 0 aliphatic rings. The van der Waals surface area contributed by atoms with Gasteiger partial charge in [-0.3, -0.25) is 9.97 Å². The molecule has 6 heteroatoms. The number of hydrogen-bond acceptors (Lipinski definition) is 4. The molecule has 0 bridgehead atoms. The van der Waals surface area contributed by atoms with Crippen LogP contribution in [0.4, 0.5) is 0 Å². The summed E-state index contributed by atoms with van der Waals surface area (Å²) in [6.07, 6.45) is 6.20. The lowest BCUT2D eigenvalue weighted by Gasteiger charge is -2.08. The lowest BCUT2D eigenvalue weighted by atomic mass is 10.2. The van der Waals surface area contributed by atoms with Gasteiger partial charge in [0.05, 0.1) is 23.0 Å². The maximum absolute atomic E-state index is 5.80. The molecule has 0 radical (unpaired) electrons. The molecule has 0 atom stereocenters. The number of pyridine rings is 2. The van der Waals surface area contributed by atoms with E-state index < -0.39 is 0 Å². The maximum atomic E-state index is 5.80. The fourth-order valence-corrected chi connectivity index (χ4v) is 1.57. The van der Waals surface area contributed by atoms with Gasteiger partial charge in [-0.05, 0) is 6.07 Å². The molecule has 0 amide bonds. The Morgan fingerprint density at radius 2 is 2.12 bits per heavy atom. The van der Waals surface area contributed by atoms with E-state index in [2.05, 4.69) is 9.97 Å². The predicted octanol–water partition coefficient (Wildman–Crippen LogP) is 2.56. The predicted molar refractivity (Wildman–Crippen MR) is 69.4 cm³/mol. The zero-order valence-corrected chi connectivity index (χ0v) is 10.2. The Labute approximate surface area is 108 Å². The molecule has 2 aromatic heterocycles. The van der Waals surface area contributed by atoms with Crippen molar-refractivity contribution in [1.29, 1.82) is 0 Å². The SMILES string of the molecule is NC(=S)c1ccncc1Oc1cncc(Cl)c1. The van der Waals surface area contributed by atoms with Crippen LogP contribution in [0.25, 0.3) is 0 Å². The molecule has 2 N–H and O–H groups in total. The van der Waals surface area contributed by atoms with Crippen molar-refractivity contribution in [3.63, 3.8) is 0 Å². The number of nitrogens with zero attached hydrogens (tertiary/aromatic N) is 2. The van der Waals surface area contributed by atoms with Gasteiger partial charge in [0.15, 0.2) is 5.75 Å². The fourth-order valence-electron chi connectivity index (χ4n) is 1.24. The molecule has 2 heterocycles. The van der Waals surface area contributed by atoms with Crippen molar-refractivity contribution in [2.75, 3.05) is 0 Å². The maximum Gasteiger partial charge on any atom is 0.155 e. The van der Waals surface area contributed by atoms with Crippen LogP contribution in [0.15, 0.2) is 36.9 Å². The van der Waals surface area contributed by atoms with Gasteiger partial charge in [0.1, 0.15) is 10.7 Å². The Balaban J connectivity index is 2.33. The van der Waals surface area contributed by atoms with Crippen LogP contribution in [0.1, 0.15) is 5.56 Å². The summed E-state index contributed by atoms with van der Waals surface area (Å²) in [5, 5.41) is 0.489. The van der Waals surface area contributed by atoms with Crippen LogP contribution in [0.3, 0.4) is 0 Å². The first-order valence-electron chi connectivity index (χ1n) is 4.69. The third-order valence-electron chi connectivity index (χ3n) is 1.96. The highest BCUT2D eigenvalue weighted by atomic mass is 35.5. The molecule has 0 unspecified atom stereocenters. The fraction of sp³-hybridized carbons (Fsp3) is 0. The Hall–Kier alpha value is -1.72. The summed E-state index contributed by atoms with van der Waals surface area (Å²) < 4.78 is 5.57. The quantitative estimate of drug-likeness (QED) is 0.865. The van der Waals surface area contributed by atoms with Crippen molar-refractivity contribution < 1.29 is 4.74 Å². The van der Waals surface area contributed by atoms with E-state index in [1.165, 1.54) is 12.4 Å². The van der Waals surface area contributed by atoms with E-state index in [1.54, 1.807) is 24.5 Å². The van der Waals surface area contributed by atoms with Crippen LogP contribution in [-0.4, -0.2) is 15.0 Å². The number of rotatable bonds is 3. The summed E-state index contributed by atoms with van der Waals surface area (Å²) in [7, 11) is 0. The second kappa shape index (κ2) is 5.07. The van der Waals surface area contributed by atoms with Gasteiger partial charge in [0.25, 0.3) is 0 Å². The molecule has 86 valence electrons. The number of thiocarbonyl (C=S) groups is 1. The van der Waals surface area contributed by atoms with Crippen molar-refractivity contribution in [3.05, 3.63) is 47.5 Å². The molecular weight excluding hydrogens is 258 g/mol. The van der Waals surface area contributed by atoms with E-state index in [1.807, 2.05) is 0 Å². The first-order valence-corrected chi connectivity index (χ1v) is 5.47.